The molecule has 7 heteroatoms. The number of halogens is 3. The van der Waals surface area contributed by atoms with E-state index in [9.17, 15) is 4.79 Å². The van der Waals surface area contributed by atoms with Gasteiger partial charge in [0.25, 0.3) is 0 Å². The zero-order chi connectivity index (χ0) is 16.8. The maximum Gasteiger partial charge on any atom is 0.340 e. The molecule has 4 nitrogen and oxygen atoms in total. The lowest BCUT2D eigenvalue weighted by Gasteiger charge is -2.13. The minimum Gasteiger partial charge on any atom is -0.492 e. The minimum absolute atomic E-state index is 0.336. The number of carbonyl (C=O) groups is 1. The number of hydrogen-bond donors (Lipinski definition) is 1. The van der Waals surface area contributed by atoms with Gasteiger partial charge in [-0.1, -0.05) is 40.9 Å². The van der Waals surface area contributed by atoms with E-state index >= 15 is 0 Å². The Kier molecular flexibility index (Phi) is 6.39. The van der Waals surface area contributed by atoms with E-state index in [-0.39, 0.29) is 0 Å². The van der Waals surface area contributed by atoms with Crippen molar-refractivity contribution in [2.45, 2.75) is 0 Å². The number of para-hydroxylation sites is 1. The van der Waals surface area contributed by atoms with Gasteiger partial charge >= 0.3 is 5.97 Å². The van der Waals surface area contributed by atoms with Crippen LogP contribution in [0.5, 0.6) is 5.75 Å². The number of anilines is 1. The highest BCUT2D eigenvalue weighted by atomic mass is 35.5. The summed E-state index contributed by atoms with van der Waals surface area (Å²) in [4.78, 5) is 11.7. The highest BCUT2D eigenvalue weighted by Gasteiger charge is 2.14. The molecular formula is C16H14Cl3NO3. The second-order valence-corrected chi connectivity index (χ2v) is 5.81. The van der Waals surface area contributed by atoms with Crippen LogP contribution in [0.2, 0.25) is 15.1 Å². The maximum atomic E-state index is 11.7. The molecule has 0 bridgehead atoms. The fourth-order valence-corrected chi connectivity index (χ4v) is 2.69. The predicted molar refractivity (Wildman–Crippen MR) is 93.2 cm³/mol. The van der Waals surface area contributed by atoms with Gasteiger partial charge in [-0.3, -0.25) is 0 Å². The smallest absolute Gasteiger partial charge is 0.340 e. The molecule has 0 fully saturated rings. The second kappa shape index (κ2) is 8.29. The number of esters is 1. The van der Waals surface area contributed by atoms with Gasteiger partial charge in [-0.25, -0.2) is 4.79 Å². The van der Waals surface area contributed by atoms with Crippen molar-refractivity contribution in [3.63, 3.8) is 0 Å². The van der Waals surface area contributed by atoms with Gasteiger partial charge in [-0.05, 0) is 30.3 Å². The van der Waals surface area contributed by atoms with Crippen LogP contribution in [0.15, 0.2) is 36.4 Å². The zero-order valence-electron chi connectivity index (χ0n) is 12.2. The van der Waals surface area contributed by atoms with Gasteiger partial charge in [0.2, 0.25) is 0 Å². The Morgan fingerprint density at radius 2 is 1.83 bits per heavy atom. The second-order valence-electron chi connectivity index (χ2n) is 4.53. The van der Waals surface area contributed by atoms with E-state index < -0.39 is 5.97 Å². The molecule has 0 saturated carbocycles. The van der Waals surface area contributed by atoms with Gasteiger partial charge in [-0.2, -0.15) is 0 Å². The number of benzene rings is 2. The molecule has 0 spiro atoms. The molecule has 0 atom stereocenters. The van der Waals surface area contributed by atoms with E-state index in [0.717, 1.165) is 0 Å². The topological polar surface area (TPSA) is 47.6 Å². The molecule has 0 unspecified atom stereocenters. The van der Waals surface area contributed by atoms with Crippen molar-refractivity contribution >= 4 is 46.5 Å². The molecule has 2 rings (SSSR count). The first-order valence-corrected chi connectivity index (χ1v) is 7.84. The molecule has 2 aromatic rings. The summed E-state index contributed by atoms with van der Waals surface area (Å²) < 4.78 is 10.3. The van der Waals surface area contributed by atoms with E-state index in [0.29, 0.717) is 45.2 Å². The van der Waals surface area contributed by atoms with Crippen LogP contribution in [0.3, 0.4) is 0 Å². The predicted octanol–water partition coefficient (Wildman–Crippen LogP) is 4.92. The summed E-state index contributed by atoms with van der Waals surface area (Å²) in [5.74, 6) is 0.106. The summed E-state index contributed by atoms with van der Waals surface area (Å²) in [5, 5.41) is 4.50. The Morgan fingerprint density at radius 1 is 1.13 bits per heavy atom. The van der Waals surface area contributed by atoms with Crippen molar-refractivity contribution in [1.82, 2.24) is 0 Å². The van der Waals surface area contributed by atoms with Crippen molar-refractivity contribution < 1.29 is 14.3 Å². The normalized spacial score (nSPS) is 10.3. The number of rotatable bonds is 6. The summed E-state index contributed by atoms with van der Waals surface area (Å²) in [6.07, 6.45) is 0. The van der Waals surface area contributed by atoms with Crippen molar-refractivity contribution in [3.05, 3.63) is 57.0 Å². The number of hydrogen-bond acceptors (Lipinski definition) is 4. The molecule has 2 aromatic carbocycles. The first-order valence-electron chi connectivity index (χ1n) is 6.71. The van der Waals surface area contributed by atoms with Crippen LogP contribution in [-0.2, 0) is 4.74 Å². The molecule has 0 aliphatic rings. The SMILES string of the molecule is COC(=O)c1cccc(Cl)c1NCCOc1cc(Cl)cc(Cl)c1. The summed E-state index contributed by atoms with van der Waals surface area (Å²) >= 11 is 17.9. The lowest BCUT2D eigenvalue weighted by Crippen LogP contribution is -2.15. The Labute approximate surface area is 149 Å². The van der Waals surface area contributed by atoms with Gasteiger partial charge in [0, 0.05) is 16.6 Å². The molecule has 0 amide bonds. The fraction of sp³-hybridized carbons (Fsp3) is 0.188. The van der Waals surface area contributed by atoms with Crippen molar-refractivity contribution in [1.29, 1.82) is 0 Å². The van der Waals surface area contributed by atoms with Gasteiger partial charge in [-0.15, -0.1) is 0 Å². The van der Waals surface area contributed by atoms with Gasteiger partial charge in [0.1, 0.15) is 12.4 Å². The Morgan fingerprint density at radius 3 is 2.48 bits per heavy atom. The minimum atomic E-state index is -0.461. The van der Waals surface area contributed by atoms with E-state index in [1.807, 2.05) is 0 Å². The standard InChI is InChI=1S/C16H14Cl3NO3/c1-22-16(21)13-3-2-4-14(19)15(13)20-5-6-23-12-8-10(17)7-11(18)9-12/h2-4,7-9,20H,5-6H2,1H3. The van der Waals surface area contributed by atoms with Crippen LogP contribution in [0.1, 0.15) is 10.4 Å². The van der Waals surface area contributed by atoms with Crippen LogP contribution in [0, 0.1) is 0 Å². The quantitative estimate of drug-likeness (QED) is 0.575. The van der Waals surface area contributed by atoms with Crippen LogP contribution < -0.4 is 10.1 Å². The maximum absolute atomic E-state index is 11.7. The Balaban J connectivity index is 1.97. The van der Waals surface area contributed by atoms with Crippen molar-refractivity contribution in [2.75, 3.05) is 25.6 Å². The third-order valence-electron chi connectivity index (χ3n) is 2.93. The molecule has 23 heavy (non-hydrogen) atoms. The van der Waals surface area contributed by atoms with Crippen LogP contribution in [0.25, 0.3) is 0 Å². The molecule has 0 saturated heterocycles. The molecule has 1 N–H and O–H groups in total. The molecule has 0 heterocycles. The summed E-state index contributed by atoms with van der Waals surface area (Å²) in [5.41, 5.74) is 0.875. The number of ether oxygens (including phenoxy) is 2. The average Bonchev–Trinajstić information content (AvgIpc) is 2.51. The van der Waals surface area contributed by atoms with Crippen LogP contribution in [-0.4, -0.2) is 26.2 Å². The van der Waals surface area contributed by atoms with Gasteiger partial charge < -0.3 is 14.8 Å². The highest BCUT2D eigenvalue weighted by Crippen LogP contribution is 2.27. The fourth-order valence-electron chi connectivity index (χ4n) is 1.94. The van der Waals surface area contributed by atoms with E-state index in [1.165, 1.54) is 7.11 Å². The largest absolute Gasteiger partial charge is 0.492 e. The van der Waals surface area contributed by atoms with E-state index in [1.54, 1.807) is 36.4 Å². The first kappa shape index (κ1) is 17.7. The zero-order valence-corrected chi connectivity index (χ0v) is 14.5. The van der Waals surface area contributed by atoms with E-state index in [4.69, 9.17) is 44.3 Å². The summed E-state index contributed by atoms with van der Waals surface area (Å²) in [7, 11) is 1.32. The first-order chi connectivity index (χ1) is 11.0. The Bertz CT molecular complexity index is 687. The summed E-state index contributed by atoms with van der Waals surface area (Å²) in [6, 6.07) is 9.97. The lowest BCUT2D eigenvalue weighted by atomic mass is 10.2. The van der Waals surface area contributed by atoms with E-state index in [2.05, 4.69) is 5.32 Å². The average molecular weight is 375 g/mol. The third-order valence-corrected chi connectivity index (χ3v) is 3.68. The van der Waals surface area contributed by atoms with Crippen molar-refractivity contribution in [2.24, 2.45) is 0 Å². The molecular weight excluding hydrogens is 361 g/mol. The monoisotopic (exact) mass is 373 g/mol. The molecule has 0 radical (unpaired) electrons. The lowest BCUT2D eigenvalue weighted by molar-refractivity contribution is 0.0602. The molecule has 0 aliphatic heterocycles. The van der Waals surface area contributed by atoms with Crippen LogP contribution in [0.4, 0.5) is 5.69 Å². The Hall–Kier alpha value is -1.62. The third kappa shape index (κ3) is 4.93. The van der Waals surface area contributed by atoms with Gasteiger partial charge in [0.15, 0.2) is 0 Å². The molecule has 0 aromatic heterocycles. The summed E-state index contributed by atoms with van der Waals surface area (Å²) in [6.45, 7) is 0.764. The molecule has 0 aliphatic carbocycles. The van der Waals surface area contributed by atoms with Crippen molar-refractivity contribution in [3.8, 4) is 5.75 Å². The van der Waals surface area contributed by atoms with Crippen LogP contribution >= 0.6 is 34.8 Å². The van der Waals surface area contributed by atoms with Gasteiger partial charge in [0.05, 0.1) is 23.4 Å². The number of carbonyl (C=O) groups excluding carboxylic acids is 1. The number of nitrogens with one attached hydrogen (secondary N) is 1. The molecule has 122 valence electrons. The highest BCUT2D eigenvalue weighted by molar-refractivity contribution is 6.35. The number of methoxy groups -OCH3 is 1.